The van der Waals surface area contributed by atoms with Crippen molar-refractivity contribution in [2.45, 2.75) is 25.4 Å². The van der Waals surface area contributed by atoms with E-state index in [1.807, 2.05) is 42.5 Å². The van der Waals surface area contributed by atoms with Crippen molar-refractivity contribution >= 4 is 17.7 Å². The van der Waals surface area contributed by atoms with E-state index in [0.29, 0.717) is 18.3 Å². The minimum Gasteiger partial charge on any atom is -0.445 e. The van der Waals surface area contributed by atoms with Crippen molar-refractivity contribution in [3.63, 3.8) is 0 Å². The largest absolute Gasteiger partial charge is 0.445 e. The lowest BCUT2D eigenvalue weighted by molar-refractivity contribution is 0.0856. The first-order valence-corrected chi connectivity index (χ1v) is 8.18. The highest BCUT2D eigenvalue weighted by Gasteiger charge is 2.26. The maximum atomic E-state index is 12.3. The number of hydrogen-bond acceptors (Lipinski definition) is 3. The van der Waals surface area contributed by atoms with E-state index >= 15 is 0 Å². The summed E-state index contributed by atoms with van der Waals surface area (Å²) >= 11 is 5.96. The third-order valence-electron chi connectivity index (χ3n) is 4.04. The molecule has 3 rings (SSSR count). The van der Waals surface area contributed by atoms with Crippen LogP contribution in [0.3, 0.4) is 0 Å². The van der Waals surface area contributed by atoms with Crippen LogP contribution in [-0.4, -0.2) is 29.1 Å². The van der Waals surface area contributed by atoms with Crippen molar-refractivity contribution in [3.05, 3.63) is 64.9 Å². The molecule has 2 aromatic rings. The predicted molar refractivity (Wildman–Crippen MR) is 89.4 cm³/mol. The van der Waals surface area contributed by atoms with E-state index in [1.54, 1.807) is 11.0 Å². The van der Waals surface area contributed by atoms with Crippen LogP contribution >= 0.6 is 11.6 Å². The normalized spacial score (nSPS) is 17.8. The number of benzene rings is 1. The van der Waals surface area contributed by atoms with Gasteiger partial charge in [0.1, 0.15) is 11.8 Å². The molecule has 0 saturated carbocycles. The fourth-order valence-corrected chi connectivity index (χ4v) is 3.02. The predicted octanol–water partition coefficient (Wildman–Crippen LogP) is 4.25. The summed E-state index contributed by atoms with van der Waals surface area (Å²) in [5, 5.41) is 0.492. The number of carbonyl (C=O) groups is 1. The number of piperidine rings is 1. The van der Waals surface area contributed by atoms with E-state index in [-0.39, 0.29) is 12.0 Å². The van der Waals surface area contributed by atoms with Gasteiger partial charge in [-0.15, -0.1) is 0 Å². The Hall–Kier alpha value is -2.07. The Morgan fingerprint density at radius 2 is 2.04 bits per heavy atom. The van der Waals surface area contributed by atoms with Gasteiger partial charge < -0.3 is 9.64 Å². The van der Waals surface area contributed by atoms with Gasteiger partial charge in [0, 0.05) is 24.7 Å². The van der Waals surface area contributed by atoms with Crippen LogP contribution < -0.4 is 0 Å². The zero-order valence-corrected chi connectivity index (χ0v) is 13.6. The van der Waals surface area contributed by atoms with Gasteiger partial charge in [-0.3, -0.25) is 0 Å². The van der Waals surface area contributed by atoms with E-state index in [2.05, 4.69) is 4.98 Å². The van der Waals surface area contributed by atoms with E-state index in [1.165, 1.54) is 0 Å². The molecule has 1 atom stereocenters. The summed E-state index contributed by atoms with van der Waals surface area (Å²) in [6.07, 6.45) is 1.69. The molecule has 23 heavy (non-hydrogen) atoms. The standard InChI is InChI=1S/C18H19ClN2O2/c19-17-10-4-9-16(20-17)15-8-5-11-21(12-15)18(22)23-13-14-6-2-1-3-7-14/h1-4,6-7,9-10,15H,5,8,11-13H2. The summed E-state index contributed by atoms with van der Waals surface area (Å²) in [5.74, 6) is 0.215. The molecular formula is C18H19ClN2O2. The number of carbonyl (C=O) groups excluding carboxylic acids is 1. The van der Waals surface area contributed by atoms with Gasteiger partial charge in [-0.1, -0.05) is 48.0 Å². The molecule has 1 aromatic carbocycles. The van der Waals surface area contributed by atoms with Crippen molar-refractivity contribution in [2.75, 3.05) is 13.1 Å². The van der Waals surface area contributed by atoms with E-state index in [9.17, 15) is 4.79 Å². The number of ether oxygens (including phenoxy) is 1. The van der Waals surface area contributed by atoms with Crippen LogP contribution in [0.2, 0.25) is 5.15 Å². The van der Waals surface area contributed by atoms with E-state index in [0.717, 1.165) is 30.6 Å². The van der Waals surface area contributed by atoms with Gasteiger partial charge in [0.2, 0.25) is 0 Å². The zero-order chi connectivity index (χ0) is 16.1. The molecule has 0 bridgehead atoms. The fraction of sp³-hybridized carbons (Fsp3) is 0.333. The monoisotopic (exact) mass is 330 g/mol. The van der Waals surface area contributed by atoms with Gasteiger partial charge in [0.15, 0.2) is 0 Å². The summed E-state index contributed by atoms with van der Waals surface area (Å²) in [5.41, 5.74) is 1.93. The first-order chi connectivity index (χ1) is 11.2. The number of rotatable bonds is 3. The van der Waals surface area contributed by atoms with Gasteiger partial charge in [-0.2, -0.15) is 0 Å². The van der Waals surface area contributed by atoms with Crippen molar-refractivity contribution in [3.8, 4) is 0 Å². The Kier molecular flexibility index (Phi) is 5.13. The summed E-state index contributed by atoms with van der Waals surface area (Å²) in [6, 6.07) is 15.3. The van der Waals surface area contributed by atoms with Gasteiger partial charge in [0.25, 0.3) is 0 Å². The molecular weight excluding hydrogens is 312 g/mol. The summed E-state index contributed by atoms with van der Waals surface area (Å²) < 4.78 is 5.42. The Morgan fingerprint density at radius 3 is 2.83 bits per heavy atom. The Bertz CT molecular complexity index is 663. The van der Waals surface area contributed by atoms with Crippen molar-refractivity contribution in [1.82, 2.24) is 9.88 Å². The van der Waals surface area contributed by atoms with Crippen molar-refractivity contribution < 1.29 is 9.53 Å². The van der Waals surface area contributed by atoms with Crippen LogP contribution in [0.25, 0.3) is 0 Å². The van der Waals surface area contributed by atoms with Crippen LogP contribution in [0, 0.1) is 0 Å². The zero-order valence-electron chi connectivity index (χ0n) is 12.8. The minimum absolute atomic E-state index is 0.215. The number of aromatic nitrogens is 1. The molecule has 0 N–H and O–H groups in total. The molecule has 1 fully saturated rings. The molecule has 1 aliphatic heterocycles. The smallest absolute Gasteiger partial charge is 0.410 e. The second kappa shape index (κ2) is 7.47. The maximum absolute atomic E-state index is 12.3. The SMILES string of the molecule is O=C(OCc1ccccc1)N1CCCC(c2cccc(Cl)n2)C1. The van der Waals surface area contributed by atoms with Crippen LogP contribution in [0.5, 0.6) is 0 Å². The molecule has 1 saturated heterocycles. The van der Waals surface area contributed by atoms with Gasteiger partial charge in [-0.05, 0) is 30.5 Å². The van der Waals surface area contributed by atoms with E-state index in [4.69, 9.17) is 16.3 Å². The number of likely N-dealkylation sites (tertiary alicyclic amines) is 1. The number of nitrogens with zero attached hydrogens (tertiary/aromatic N) is 2. The molecule has 1 aliphatic rings. The molecule has 5 heteroatoms. The first-order valence-electron chi connectivity index (χ1n) is 7.80. The second-order valence-electron chi connectivity index (χ2n) is 5.71. The van der Waals surface area contributed by atoms with Crippen LogP contribution in [0.4, 0.5) is 4.79 Å². The quantitative estimate of drug-likeness (QED) is 0.790. The number of halogens is 1. The fourth-order valence-electron chi connectivity index (χ4n) is 2.85. The maximum Gasteiger partial charge on any atom is 0.410 e. The summed E-state index contributed by atoms with van der Waals surface area (Å²) in [4.78, 5) is 18.4. The molecule has 0 spiro atoms. The molecule has 120 valence electrons. The average molecular weight is 331 g/mol. The van der Waals surface area contributed by atoms with E-state index < -0.39 is 0 Å². The third-order valence-corrected chi connectivity index (χ3v) is 4.25. The van der Waals surface area contributed by atoms with Gasteiger partial charge in [-0.25, -0.2) is 9.78 Å². The number of hydrogen-bond donors (Lipinski definition) is 0. The highest BCUT2D eigenvalue weighted by atomic mass is 35.5. The van der Waals surface area contributed by atoms with Crippen LogP contribution in [0.1, 0.15) is 30.0 Å². The molecule has 2 heterocycles. The highest BCUT2D eigenvalue weighted by Crippen LogP contribution is 2.26. The second-order valence-corrected chi connectivity index (χ2v) is 6.10. The molecule has 0 radical (unpaired) electrons. The Morgan fingerprint density at radius 1 is 1.22 bits per heavy atom. The van der Waals surface area contributed by atoms with Crippen LogP contribution in [0.15, 0.2) is 48.5 Å². The summed E-state index contributed by atoms with van der Waals surface area (Å²) in [6.45, 7) is 1.65. The molecule has 1 unspecified atom stereocenters. The lowest BCUT2D eigenvalue weighted by atomic mass is 9.94. The average Bonchev–Trinajstić information content (AvgIpc) is 2.61. The molecule has 4 nitrogen and oxygen atoms in total. The molecule has 1 aromatic heterocycles. The Labute approximate surface area is 141 Å². The van der Waals surface area contributed by atoms with Crippen LogP contribution in [-0.2, 0) is 11.3 Å². The highest BCUT2D eigenvalue weighted by molar-refractivity contribution is 6.29. The summed E-state index contributed by atoms with van der Waals surface area (Å²) in [7, 11) is 0. The lowest BCUT2D eigenvalue weighted by Gasteiger charge is -2.31. The minimum atomic E-state index is -0.263. The Balaban J connectivity index is 1.58. The lowest BCUT2D eigenvalue weighted by Crippen LogP contribution is -2.39. The first kappa shape index (κ1) is 15.8. The van der Waals surface area contributed by atoms with Crippen molar-refractivity contribution in [1.29, 1.82) is 0 Å². The van der Waals surface area contributed by atoms with Crippen molar-refractivity contribution in [2.24, 2.45) is 0 Å². The number of amides is 1. The number of pyridine rings is 1. The third kappa shape index (κ3) is 4.23. The van der Waals surface area contributed by atoms with Gasteiger partial charge in [0.05, 0.1) is 0 Å². The van der Waals surface area contributed by atoms with Gasteiger partial charge >= 0.3 is 6.09 Å². The molecule has 1 amide bonds. The molecule has 0 aliphatic carbocycles. The topological polar surface area (TPSA) is 42.4 Å².